The Labute approximate surface area is 373 Å². The highest BCUT2D eigenvalue weighted by atomic mass is 15.1. The van der Waals surface area contributed by atoms with Gasteiger partial charge in [0.2, 0.25) is 0 Å². The SMILES string of the molecule is c1ccc(-c2ccc(N(c3ccc(-c4cccc5c6ccccc6n(-c6ccccc6)c45)cc3)c3ccc4c(c3)c(-c3ccccc3)c(-c3ccccc3)c3ccccc34)cc2)cc1. The minimum absolute atomic E-state index is 1.08. The van der Waals surface area contributed by atoms with Crippen molar-refractivity contribution < 1.29 is 0 Å². The smallest absolute Gasteiger partial charge is 0.0619 e. The summed E-state index contributed by atoms with van der Waals surface area (Å²) in [7, 11) is 0. The van der Waals surface area contributed by atoms with Gasteiger partial charge in [0.25, 0.3) is 0 Å². The summed E-state index contributed by atoms with van der Waals surface area (Å²) in [5.41, 5.74) is 16.4. The van der Waals surface area contributed by atoms with Crippen LogP contribution in [0.5, 0.6) is 0 Å². The first-order chi connectivity index (χ1) is 31.8. The number of hydrogen-bond acceptors (Lipinski definition) is 1. The highest BCUT2D eigenvalue weighted by Gasteiger charge is 2.21. The predicted molar refractivity (Wildman–Crippen MR) is 272 cm³/mol. The van der Waals surface area contributed by atoms with E-state index in [2.05, 4.69) is 264 Å². The zero-order valence-corrected chi connectivity index (χ0v) is 35.1. The van der Waals surface area contributed by atoms with Crippen molar-refractivity contribution >= 4 is 60.4 Å². The maximum atomic E-state index is 2.42. The molecule has 300 valence electrons. The second-order valence-electron chi connectivity index (χ2n) is 16.4. The molecule has 2 nitrogen and oxygen atoms in total. The van der Waals surface area contributed by atoms with E-state index in [9.17, 15) is 0 Å². The fourth-order valence-corrected chi connectivity index (χ4v) is 9.90. The quantitative estimate of drug-likeness (QED) is 0.139. The van der Waals surface area contributed by atoms with Gasteiger partial charge in [-0.3, -0.25) is 0 Å². The summed E-state index contributed by atoms with van der Waals surface area (Å²) in [6.45, 7) is 0. The Balaban J connectivity index is 1.07. The first-order valence-corrected chi connectivity index (χ1v) is 22.0. The third-order valence-electron chi connectivity index (χ3n) is 12.8. The minimum atomic E-state index is 1.08. The summed E-state index contributed by atoms with van der Waals surface area (Å²) in [4.78, 5) is 2.41. The van der Waals surface area contributed by atoms with Gasteiger partial charge in [0.1, 0.15) is 0 Å². The minimum Gasteiger partial charge on any atom is -0.310 e. The van der Waals surface area contributed by atoms with Crippen molar-refractivity contribution in [2.45, 2.75) is 0 Å². The molecule has 0 aliphatic carbocycles. The molecule has 0 aliphatic rings. The molecule has 0 amide bonds. The maximum Gasteiger partial charge on any atom is 0.0619 e. The molecule has 0 radical (unpaired) electrons. The maximum absolute atomic E-state index is 2.42. The van der Waals surface area contributed by atoms with E-state index in [1.165, 1.54) is 82.3 Å². The topological polar surface area (TPSA) is 8.17 Å². The highest BCUT2D eigenvalue weighted by Crippen LogP contribution is 2.47. The molecule has 64 heavy (non-hydrogen) atoms. The van der Waals surface area contributed by atoms with Crippen LogP contribution in [0.1, 0.15) is 0 Å². The molecular weight excluding hydrogens is 773 g/mol. The summed E-state index contributed by atoms with van der Waals surface area (Å²) in [6, 6.07) is 92.6. The molecule has 0 aliphatic heterocycles. The number of benzene rings is 11. The van der Waals surface area contributed by atoms with E-state index in [0.29, 0.717) is 0 Å². The number of rotatable bonds is 8. The average Bonchev–Trinajstić information content (AvgIpc) is 3.72. The van der Waals surface area contributed by atoms with Crippen LogP contribution in [0.15, 0.2) is 255 Å². The van der Waals surface area contributed by atoms with Crippen molar-refractivity contribution in [1.29, 1.82) is 0 Å². The Morgan fingerprint density at radius 2 is 0.719 bits per heavy atom. The monoisotopic (exact) mass is 814 g/mol. The van der Waals surface area contributed by atoms with Crippen LogP contribution in [-0.4, -0.2) is 4.57 Å². The lowest BCUT2D eigenvalue weighted by atomic mass is 9.85. The van der Waals surface area contributed by atoms with Gasteiger partial charge in [-0.05, 0) is 115 Å². The van der Waals surface area contributed by atoms with Gasteiger partial charge in [-0.15, -0.1) is 0 Å². The summed E-state index contributed by atoms with van der Waals surface area (Å²) in [5, 5.41) is 7.43. The number of fused-ring (bicyclic) bond motifs is 6. The van der Waals surface area contributed by atoms with E-state index < -0.39 is 0 Å². The van der Waals surface area contributed by atoms with Crippen molar-refractivity contribution in [3.63, 3.8) is 0 Å². The van der Waals surface area contributed by atoms with Gasteiger partial charge < -0.3 is 9.47 Å². The lowest BCUT2D eigenvalue weighted by Crippen LogP contribution is -2.10. The first kappa shape index (κ1) is 37.3. The predicted octanol–water partition coefficient (Wildman–Crippen LogP) is 17.2. The summed E-state index contributed by atoms with van der Waals surface area (Å²) in [6.07, 6.45) is 0. The molecule has 1 aromatic heterocycles. The Bertz CT molecular complexity index is 3610. The molecule has 12 rings (SSSR count). The molecule has 0 unspecified atom stereocenters. The van der Waals surface area contributed by atoms with Crippen LogP contribution in [-0.2, 0) is 0 Å². The number of para-hydroxylation sites is 3. The second kappa shape index (κ2) is 15.8. The molecule has 11 aromatic carbocycles. The standard InChI is InChI=1S/C62H42N2/c1-5-18-43(19-6-1)44-32-36-49(37-33-44)63(50-38-34-45(35-39-50)52-29-17-30-57-55-27-15-16-31-59(55)64(62(52)57)48-24-11-4-12-25-48)51-40-41-54-53-26-13-14-28-56(53)60(46-20-7-2-8-21-46)61(58(54)42-51)47-22-9-3-10-23-47/h1-42H. The molecule has 0 atom stereocenters. The third kappa shape index (κ3) is 6.35. The molecular formula is C62H42N2. The van der Waals surface area contributed by atoms with Gasteiger partial charge >= 0.3 is 0 Å². The largest absolute Gasteiger partial charge is 0.310 e. The van der Waals surface area contributed by atoms with E-state index >= 15 is 0 Å². The first-order valence-electron chi connectivity index (χ1n) is 22.0. The zero-order valence-electron chi connectivity index (χ0n) is 35.1. The van der Waals surface area contributed by atoms with Crippen LogP contribution in [0.2, 0.25) is 0 Å². The van der Waals surface area contributed by atoms with E-state index in [-0.39, 0.29) is 0 Å². The van der Waals surface area contributed by atoms with Crippen LogP contribution >= 0.6 is 0 Å². The summed E-state index contributed by atoms with van der Waals surface area (Å²) < 4.78 is 2.42. The summed E-state index contributed by atoms with van der Waals surface area (Å²) in [5.74, 6) is 0. The lowest BCUT2D eigenvalue weighted by Gasteiger charge is -2.27. The zero-order chi connectivity index (χ0) is 42.4. The lowest BCUT2D eigenvalue weighted by molar-refractivity contribution is 1.18. The van der Waals surface area contributed by atoms with Crippen molar-refractivity contribution in [3.05, 3.63) is 255 Å². The van der Waals surface area contributed by atoms with Gasteiger partial charge in [-0.2, -0.15) is 0 Å². The van der Waals surface area contributed by atoms with Crippen LogP contribution in [0.4, 0.5) is 17.1 Å². The van der Waals surface area contributed by atoms with E-state index in [4.69, 9.17) is 0 Å². The van der Waals surface area contributed by atoms with E-state index in [0.717, 1.165) is 28.3 Å². The fourth-order valence-electron chi connectivity index (χ4n) is 9.90. The Hall–Kier alpha value is -8.46. The van der Waals surface area contributed by atoms with Crippen LogP contribution in [0.3, 0.4) is 0 Å². The van der Waals surface area contributed by atoms with Gasteiger partial charge in [0.05, 0.1) is 11.0 Å². The van der Waals surface area contributed by atoms with Crippen molar-refractivity contribution in [2.75, 3.05) is 4.90 Å². The van der Waals surface area contributed by atoms with Gasteiger partial charge in [0.15, 0.2) is 0 Å². The number of aromatic nitrogens is 1. The molecule has 0 saturated heterocycles. The van der Waals surface area contributed by atoms with Crippen LogP contribution < -0.4 is 4.90 Å². The molecule has 0 bridgehead atoms. The van der Waals surface area contributed by atoms with E-state index in [1.807, 2.05) is 0 Å². The summed E-state index contributed by atoms with van der Waals surface area (Å²) >= 11 is 0. The van der Waals surface area contributed by atoms with Crippen LogP contribution in [0.25, 0.3) is 93.5 Å². The van der Waals surface area contributed by atoms with Crippen LogP contribution in [0, 0.1) is 0 Å². The van der Waals surface area contributed by atoms with E-state index in [1.54, 1.807) is 0 Å². The molecule has 0 fully saturated rings. The van der Waals surface area contributed by atoms with Crippen molar-refractivity contribution in [3.8, 4) is 50.2 Å². The number of hydrogen-bond donors (Lipinski definition) is 0. The van der Waals surface area contributed by atoms with Gasteiger partial charge in [-0.25, -0.2) is 0 Å². The Morgan fingerprint density at radius 1 is 0.266 bits per heavy atom. The molecule has 12 aromatic rings. The Morgan fingerprint density at radius 3 is 1.36 bits per heavy atom. The van der Waals surface area contributed by atoms with Crippen molar-refractivity contribution in [1.82, 2.24) is 4.57 Å². The average molecular weight is 815 g/mol. The number of nitrogens with zero attached hydrogens (tertiary/aromatic N) is 2. The molecule has 0 saturated carbocycles. The second-order valence-corrected chi connectivity index (χ2v) is 16.4. The third-order valence-corrected chi connectivity index (χ3v) is 12.8. The highest BCUT2D eigenvalue weighted by molar-refractivity contribution is 6.22. The normalized spacial score (nSPS) is 11.4. The molecule has 0 spiro atoms. The molecule has 1 heterocycles. The van der Waals surface area contributed by atoms with Gasteiger partial charge in [0, 0.05) is 39.1 Å². The number of anilines is 3. The molecule has 2 heteroatoms. The van der Waals surface area contributed by atoms with Crippen molar-refractivity contribution in [2.24, 2.45) is 0 Å². The Kier molecular flexibility index (Phi) is 9.20. The van der Waals surface area contributed by atoms with Gasteiger partial charge in [-0.1, -0.05) is 200 Å². The fraction of sp³-hybridized carbons (Fsp3) is 0. The molecule has 0 N–H and O–H groups in total.